The van der Waals surface area contributed by atoms with Crippen LogP contribution in [0.3, 0.4) is 0 Å². The summed E-state index contributed by atoms with van der Waals surface area (Å²) < 4.78 is 0. The first-order chi connectivity index (χ1) is 29.9. The molecular weight excluding hydrogens is 761 g/mol. The Balaban J connectivity index is 0.851. The smallest absolute Gasteiger partial charge is 0.245 e. The predicted molar refractivity (Wildman–Crippen MR) is 237 cm³/mol. The molecule has 6 heterocycles. The molecule has 6 aromatic rings. The van der Waals surface area contributed by atoms with Crippen LogP contribution >= 0.6 is 0 Å². The van der Waals surface area contributed by atoms with Crippen molar-refractivity contribution in [3.05, 3.63) is 132 Å². The van der Waals surface area contributed by atoms with Crippen molar-refractivity contribution in [3.63, 3.8) is 0 Å². The first-order valence-corrected chi connectivity index (χ1v) is 22.1. The summed E-state index contributed by atoms with van der Waals surface area (Å²) in [6.45, 7) is 6.48. The van der Waals surface area contributed by atoms with Gasteiger partial charge in [0.25, 0.3) is 0 Å². The van der Waals surface area contributed by atoms with Gasteiger partial charge in [-0.25, -0.2) is 19.9 Å². The second kappa shape index (κ2) is 18.3. The lowest BCUT2D eigenvalue weighted by Gasteiger charge is -2.37. The molecule has 3 aliphatic heterocycles. The van der Waals surface area contributed by atoms with Crippen LogP contribution in [0.25, 0.3) is 33.9 Å². The van der Waals surface area contributed by atoms with Crippen LogP contribution in [0, 0.1) is 0 Å². The Kier molecular flexibility index (Phi) is 12.1. The number of benzene rings is 3. The fraction of sp³-hybridized carbons (Fsp3) is 0.388. The Morgan fingerprint density at radius 3 is 1.80 bits per heavy atom. The molecule has 61 heavy (non-hydrogen) atoms. The SMILES string of the molecule is C[C@@H](c1ncc(-c2ccc(-c3ncc(-c4cnc(C5CCCN5C(=O)[C@H](c5ccccc5)N5CCCCC5)[nH]4)cn3)cc2)[nH]1)N(C)C(=O)[C@@H](c1ccccc1)N1CCCCC1. The Morgan fingerprint density at radius 1 is 0.607 bits per heavy atom. The maximum absolute atomic E-state index is 14.4. The minimum absolute atomic E-state index is 0.0784. The van der Waals surface area contributed by atoms with Gasteiger partial charge in [0.2, 0.25) is 11.8 Å². The third-order valence-corrected chi connectivity index (χ3v) is 13.0. The Hall–Kier alpha value is -5.98. The van der Waals surface area contributed by atoms with Crippen molar-refractivity contribution in [1.82, 2.24) is 49.5 Å². The molecule has 3 fully saturated rings. The third kappa shape index (κ3) is 8.65. The number of carbonyl (C=O) groups excluding carboxylic acids is 2. The van der Waals surface area contributed by atoms with Gasteiger partial charge in [-0.3, -0.25) is 19.4 Å². The van der Waals surface area contributed by atoms with E-state index in [0.29, 0.717) is 5.82 Å². The second-order valence-corrected chi connectivity index (χ2v) is 16.9. The van der Waals surface area contributed by atoms with Crippen LogP contribution in [0.15, 0.2) is 110 Å². The molecule has 3 saturated heterocycles. The van der Waals surface area contributed by atoms with Crippen LogP contribution in [-0.4, -0.2) is 101 Å². The monoisotopic (exact) mass is 816 g/mol. The van der Waals surface area contributed by atoms with Crippen molar-refractivity contribution in [2.24, 2.45) is 0 Å². The normalized spacial score (nSPS) is 19.0. The van der Waals surface area contributed by atoms with Gasteiger partial charge in [-0.05, 0) is 88.3 Å². The molecule has 0 bridgehead atoms. The minimum atomic E-state index is -0.313. The van der Waals surface area contributed by atoms with E-state index < -0.39 is 0 Å². The van der Waals surface area contributed by atoms with Gasteiger partial charge >= 0.3 is 0 Å². The number of hydrogen-bond donors (Lipinski definition) is 2. The maximum Gasteiger partial charge on any atom is 0.245 e. The summed E-state index contributed by atoms with van der Waals surface area (Å²) in [5.74, 6) is 2.40. The van der Waals surface area contributed by atoms with E-state index in [1.807, 2.05) is 109 Å². The molecule has 12 heteroatoms. The summed E-state index contributed by atoms with van der Waals surface area (Å²) in [5.41, 5.74) is 6.50. The Bertz CT molecular complexity index is 2370. The van der Waals surface area contributed by atoms with Crippen molar-refractivity contribution in [2.45, 2.75) is 82.5 Å². The quantitative estimate of drug-likeness (QED) is 0.126. The standard InChI is InChI=1S/C49H56N10O2/c1-34(56(2)48(60)43(36-16-7-3-8-17-36)57-25-11-5-12-26-57)45-52-32-40(54-45)35-21-23-38(24-22-35)46-50-30-39(31-51-46)41-33-53-47(55-41)42-20-15-29-59(42)49(61)44(37-18-9-4-10-19-37)58-27-13-6-14-28-58/h3-4,7-10,16-19,21-24,30-34,42-44H,5-6,11-15,20,25-29H2,1-2H3,(H,52,54)(H,53,55)/t34-,42?,43+,44-/m0/s1. The lowest BCUT2D eigenvalue weighted by Crippen LogP contribution is -2.44. The van der Waals surface area contributed by atoms with Gasteiger partial charge in [0.05, 0.1) is 35.9 Å². The third-order valence-electron chi connectivity index (χ3n) is 13.0. The van der Waals surface area contributed by atoms with Gasteiger partial charge in [0.15, 0.2) is 5.82 Å². The lowest BCUT2D eigenvalue weighted by atomic mass is 10.00. The van der Waals surface area contributed by atoms with Gasteiger partial charge in [-0.15, -0.1) is 0 Å². The van der Waals surface area contributed by atoms with Crippen molar-refractivity contribution in [2.75, 3.05) is 39.8 Å². The number of amides is 2. The summed E-state index contributed by atoms with van der Waals surface area (Å²) in [4.78, 5) is 63.0. The van der Waals surface area contributed by atoms with Crippen molar-refractivity contribution in [1.29, 1.82) is 0 Å². The zero-order valence-electron chi connectivity index (χ0n) is 35.3. The van der Waals surface area contributed by atoms with Crippen LogP contribution in [-0.2, 0) is 9.59 Å². The van der Waals surface area contributed by atoms with Gasteiger partial charge in [-0.1, -0.05) is 97.8 Å². The number of hydrogen-bond acceptors (Lipinski definition) is 8. The fourth-order valence-corrected chi connectivity index (χ4v) is 9.45. The van der Waals surface area contributed by atoms with Crippen molar-refractivity contribution < 1.29 is 9.59 Å². The number of imidazole rings is 2. The van der Waals surface area contributed by atoms with Gasteiger partial charge in [0, 0.05) is 37.1 Å². The number of nitrogens with one attached hydrogen (secondary N) is 2. The summed E-state index contributed by atoms with van der Waals surface area (Å²) in [6, 6.07) is 27.5. The summed E-state index contributed by atoms with van der Waals surface area (Å²) >= 11 is 0. The zero-order valence-corrected chi connectivity index (χ0v) is 35.3. The molecule has 12 nitrogen and oxygen atoms in total. The van der Waals surface area contributed by atoms with Crippen LogP contribution in [0.1, 0.15) is 105 Å². The number of nitrogens with zero attached hydrogens (tertiary/aromatic N) is 8. The molecule has 3 aromatic heterocycles. The highest BCUT2D eigenvalue weighted by atomic mass is 16.2. The number of rotatable bonds is 12. The average molecular weight is 817 g/mol. The Labute approximate surface area is 358 Å². The number of carbonyl (C=O) groups is 2. The molecule has 0 saturated carbocycles. The van der Waals surface area contributed by atoms with Gasteiger partial charge in [-0.2, -0.15) is 0 Å². The molecule has 2 amide bonds. The number of H-pyrrole nitrogens is 2. The topological polar surface area (TPSA) is 130 Å². The number of likely N-dealkylation sites (tertiary alicyclic amines) is 3. The Morgan fingerprint density at radius 2 is 1.16 bits per heavy atom. The number of piperidine rings is 2. The maximum atomic E-state index is 14.4. The van der Waals surface area contributed by atoms with E-state index in [2.05, 4.69) is 44.0 Å². The first-order valence-electron chi connectivity index (χ1n) is 22.1. The number of likely N-dealkylation sites (N-methyl/N-ethyl adjacent to an activating group) is 1. The summed E-state index contributed by atoms with van der Waals surface area (Å²) in [7, 11) is 1.88. The number of aromatic amines is 2. The molecule has 0 spiro atoms. The molecular formula is C49H56N10O2. The largest absolute Gasteiger partial charge is 0.340 e. The molecule has 1 unspecified atom stereocenters. The van der Waals surface area contributed by atoms with Crippen LogP contribution in [0.5, 0.6) is 0 Å². The summed E-state index contributed by atoms with van der Waals surface area (Å²) in [5, 5.41) is 0. The minimum Gasteiger partial charge on any atom is -0.340 e. The van der Waals surface area contributed by atoms with Crippen molar-refractivity contribution in [3.8, 4) is 33.9 Å². The van der Waals surface area contributed by atoms with Crippen LogP contribution in [0.4, 0.5) is 0 Å². The molecule has 4 atom stereocenters. The molecule has 2 N–H and O–H groups in total. The van der Waals surface area contributed by atoms with E-state index in [1.165, 1.54) is 12.8 Å². The zero-order chi connectivity index (χ0) is 41.7. The van der Waals surface area contributed by atoms with Crippen LogP contribution in [0.2, 0.25) is 0 Å². The van der Waals surface area contributed by atoms with E-state index in [0.717, 1.165) is 122 Å². The molecule has 314 valence electrons. The lowest BCUT2D eigenvalue weighted by molar-refractivity contribution is -0.139. The van der Waals surface area contributed by atoms with E-state index in [1.54, 1.807) is 0 Å². The van der Waals surface area contributed by atoms with E-state index in [9.17, 15) is 9.59 Å². The molecule has 0 aliphatic carbocycles. The molecule has 3 aromatic carbocycles. The highest BCUT2D eigenvalue weighted by molar-refractivity contribution is 5.84. The van der Waals surface area contributed by atoms with Gasteiger partial charge in [0.1, 0.15) is 23.7 Å². The molecule has 3 aliphatic rings. The number of aromatic nitrogens is 6. The first kappa shape index (κ1) is 40.4. The predicted octanol–water partition coefficient (Wildman–Crippen LogP) is 8.56. The highest BCUT2D eigenvalue weighted by Crippen LogP contribution is 2.37. The van der Waals surface area contributed by atoms with Crippen molar-refractivity contribution >= 4 is 11.8 Å². The molecule has 0 radical (unpaired) electrons. The highest BCUT2D eigenvalue weighted by Gasteiger charge is 2.39. The van der Waals surface area contributed by atoms with Gasteiger partial charge < -0.3 is 19.8 Å². The molecule has 9 rings (SSSR count). The van der Waals surface area contributed by atoms with E-state index in [-0.39, 0.29) is 36.0 Å². The second-order valence-electron chi connectivity index (χ2n) is 16.9. The van der Waals surface area contributed by atoms with Crippen LogP contribution < -0.4 is 0 Å². The van der Waals surface area contributed by atoms with E-state index >= 15 is 0 Å². The van der Waals surface area contributed by atoms with E-state index in [4.69, 9.17) is 19.9 Å². The summed E-state index contributed by atoms with van der Waals surface area (Å²) in [6.07, 6.45) is 16.0. The fourth-order valence-electron chi connectivity index (χ4n) is 9.45. The average Bonchev–Trinajstić information content (AvgIpc) is 4.13.